The predicted molar refractivity (Wildman–Crippen MR) is 82.5 cm³/mol. The molecule has 3 nitrogen and oxygen atoms in total. The Balaban J connectivity index is 1.79. The largest absolute Gasteiger partial charge is 0.353 e. The van der Waals surface area contributed by atoms with Crippen molar-refractivity contribution in [3.8, 4) is 0 Å². The van der Waals surface area contributed by atoms with Crippen molar-refractivity contribution in [2.75, 3.05) is 13.1 Å². The van der Waals surface area contributed by atoms with Crippen LogP contribution >= 0.6 is 0 Å². The third-order valence-corrected chi connectivity index (χ3v) is 4.14. The average Bonchev–Trinajstić information content (AvgIpc) is 2.41. The zero-order chi connectivity index (χ0) is 15.2. The first kappa shape index (κ1) is 16.0. The second-order valence-corrected chi connectivity index (χ2v) is 6.29. The molecule has 0 aliphatic carbocycles. The maximum atomic E-state index is 13.1. The maximum Gasteiger partial charge on any atom is 0.220 e. The summed E-state index contributed by atoms with van der Waals surface area (Å²) in [6, 6.07) is 6.89. The fraction of sp³-hybridized carbons (Fsp3) is 0.588. The smallest absolute Gasteiger partial charge is 0.220 e. The number of hydrogen-bond donors (Lipinski definition) is 2. The van der Waals surface area contributed by atoms with E-state index in [0.29, 0.717) is 12.3 Å². The van der Waals surface area contributed by atoms with Crippen LogP contribution in [0.1, 0.15) is 32.3 Å². The first-order valence-electron chi connectivity index (χ1n) is 7.79. The number of halogens is 1. The van der Waals surface area contributed by atoms with Gasteiger partial charge in [-0.15, -0.1) is 0 Å². The Morgan fingerprint density at radius 3 is 3.05 bits per heavy atom. The van der Waals surface area contributed by atoms with E-state index in [1.165, 1.54) is 6.07 Å². The summed E-state index contributed by atoms with van der Waals surface area (Å²) in [5.74, 6) is 0.579. The fourth-order valence-corrected chi connectivity index (χ4v) is 2.95. The number of hydrogen-bond acceptors (Lipinski definition) is 2. The van der Waals surface area contributed by atoms with Crippen molar-refractivity contribution < 1.29 is 9.18 Å². The molecule has 1 aromatic carbocycles. The monoisotopic (exact) mass is 292 g/mol. The molecule has 1 aliphatic heterocycles. The van der Waals surface area contributed by atoms with Crippen LogP contribution in [0, 0.1) is 17.7 Å². The fourth-order valence-electron chi connectivity index (χ4n) is 2.95. The molecule has 21 heavy (non-hydrogen) atoms. The number of nitrogens with one attached hydrogen (secondary N) is 2. The van der Waals surface area contributed by atoms with Crippen LogP contribution in [0.4, 0.5) is 4.39 Å². The van der Waals surface area contributed by atoms with Gasteiger partial charge in [0, 0.05) is 12.5 Å². The van der Waals surface area contributed by atoms with Crippen molar-refractivity contribution in [2.24, 2.45) is 11.8 Å². The summed E-state index contributed by atoms with van der Waals surface area (Å²) in [4.78, 5) is 12.1. The van der Waals surface area contributed by atoms with Gasteiger partial charge in [0.05, 0.1) is 0 Å². The summed E-state index contributed by atoms with van der Waals surface area (Å²) >= 11 is 0. The van der Waals surface area contributed by atoms with E-state index in [-0.39, 0.29) is 23.7 Å². The molecule has 4 heteroatoms. The van der Waals surface area contributed by atoms with Gasteiger partial charge in [-0.25, -0.2) is 4.39 Å². The van der Waals surface area contributed by atoms with Gasteiger partial charge in [0.2, 0.25) is 5.91 Å². The molecule has 3 atom stereocenters. The van der Waals surface area contributed by atoms with Gasteiger partial charge in [-0.05, 0) is 55.5 Å². The predicted octanol–water partition coefficient (Wildman–Crippen LogP) is 2.51. The van der Waals surface area contributed by atoms with E-state index < -0.39 is 0 Å². The highest BCUT2D eigenvalue weighted by atomic mass is 19.1. The van der Waals surface area contributed by atoms with Crippen molar-refractivity contribution in [2.45, 2.75) is 39.2 Å². The normalized spacial score (nSPS) is 23.6. The van der Waals surface area contributed by atoms with Crippen LogP contribution in [-0.4, -0.2) is 25.0 Å². The highest BCUT2D eigenvalue weighted by molar-refractivity contribution is 5.76. The molecule has 1 aliphatic rings. The molecule has 116 valence electrons. The first-order valence-corrected chi connectivity index (χ1v) is 7.79. The van der Waals surface area contributed by atoms with E-state index >= 15 is 0 Å². The van der Waals surface area contributed by atoms with Crippen LogP contribution in [0.5, 0.6) is 0 Å². The van der Waals surface area contributed by atoms with E-state index in [1.54, 1.807) is 12.1 Å². The molecule has 2 rings (SSSR count). The Morgan fingerprint density at radius 2 is 2.33 bits per heavy atom. The molecular formula is C17H25FN2O. The number of carbonyl (C=O) groups excluding carboxylic acids is 1. The van der Waals surface area contributed by atoms with Crippen molar-refractivity contribution in [1.82, 2.24) is 10.6 Å². The quantitative estimate of drug-likeness (QED) is 0.875. The van der Waals surface area contributed by atoms with Crippen LogP contribution in [-0.2, 0) is 11.2 Å². The standard InChI is InChI=1S/C17H25FN2O/c1-12(8-14-4-3-5-15(18)10-14)9-17(21)20-16-6-7-19-11-13(16)2/h3-5,10,12-13,16,19H,6-9,11H2,1-2H3,(H,20,21). The van der Waals surface area contributed by atoms with Crippen LogP contribution in [0.25, 0.3) is 0 Å². The Bertz CT molecular complexity index is 478. The first-order chi connectivity index (χ1) is 10.0. The molecule has 0 spiro atoms. The van der Waals surface area contributed by atoms with Crippen molar-refractivity contribution >= 4 is 5.91 Å². The molecule has 3 unspecified atom stereocenters. The van der Waals surface area contributed by atoms with E-state index in [4.69, 9.17) is 0 Å². The maximum absolute atomic E-state index is 13.1. The van der Waals surface area contributed by atoms with E-state index in [0.717, 1.165) is 31.5 Å². The molecule has 2 N–H and O–H groups in total. The van der Waals surface area contributed by atoms with Gasteiger partial charge >= 0.3 is 0 Å². The lowest BCUT2D eigenvalue weighted by molar-refractivity contribution is -0.123. The molecular weight excluding hydrogens is 267 g/mol. The molecule has 1 fully saturated rings. The van der Waals surface area contributed by atoms with Crippen LogP contribution in [0.3, 0.4) is 0 Å². The number of amides is 1. The lowest BCUT2D eigenvalue weighted by Gasteiger charge is -2.30. The minimum atomic E-state index is -0.215. The molecule has 0 saturated carbocycles. The second kappa shape index (κ2) is 7.55. The second-order valence-electron chi connectivity index (χ2n) is 6.29. The summed E-state index contributed by atoms with van der Waals surface area (Å²) in [7, 11) is 0. The average molecular weight is 292 g/mol. The summed E-state index contributed by atoms with van der Waals surface area (Å²) in [6.45, 7) is 6.13. The van der Waals surface area contributed by atoms with E-state index in [2.05, 4.69) is 17.6 Å². The number of carbonyl (C=O) groups is 1. The van der Waals surface area contributed by atoms with Gasteiger partial charge < -0.3 is 10.6 Å². The van der Waals surface area contributed by atoms with Crippen LogP contribution < -0.4 is 10.6 Å². The molecule has 1 heterocycles. The summed E-state index contributed by atoms with van der Waals surface area (Å²) in [5.41, 5.74) is 0.950. The van der Waals surface area contributed by atoms with Gasteiger partial charge in [-0.2, -0.15) is 0 Å². The minimum absolute atomic E-state index is 0.109. The summed E-state index contributed by atoms with van der Waals surface area (Å²) in [6.07, 6.45) is 2.21. The van der Waals surface area contributed by atoms with Crippen LogP contribution in [0.2, 0.25) is 0 Å². The molecule has 0 bridgehead atoms. The lowest BCUT2D eigenvalue weighted by Crippen LogP contribution is -2.48. The Hall–Kier alpha value is -1.42. The molecule has 0 radical (unpaired) electrons. The van der Waals surface area contributed by atoms with Crippen LogP contribution in [0.15, 0.2) is 24.3 Å². The van der Waals surface area contributed by atoms with Crippen molar-refractivity contribution in [3.63, 3.8) is 0 Å². The Morgan fingerprint density at radius 1 is 1.52 bits per heavy atom. The van der Waals surface area contributed by atoms with Gasteiger partial charge in [-0.3, -0.25) is 4.79 Å². The Labute approximate surface area is 126 Å². The molecule has 0 aromatic heterocycles. The van der Waals surface area contributed by atoms with E-state index in [1.807, 2.05) is 13.0 Å². The Kier molecular flexibility index (Phi) is 5.74. The number of piperidine rings is 1. The zero-order valence-electron chi connectivity index (χ0n) is 12.9. The van der Waals surface area contributed by atoms with Gasteiger partial charge in [-0.1, -0.05) is 26.0 Å². The molecule has 1 aromatic rings. The zero-order valence-corrected chi connectivity index (χ0v) is 12.9. The summed E-state index contributed by atoms with van der Waals surface area (Å²) < 4.78 is 13.1. The van der Waals surface area contributed by atoms with E-state index in [9.17, 15) is 9.18 Å². The van der Waals surface area contributed by atoms with Crippen molar-refractivity contribution in [3.05, 3.63) is 35.6 Å². The third kappa shape index (κ3) is 5.12. The topological polar surface area (TPSA) is 41.1 Å². The number of benzene rings is 1. The number of rotatable bonds is 5. The highest BCUT2D eigenvalue weighted by Gasteiger charge is 2.23. The molecule has 1 amide bonds. The van der Waals surface area contributed by atoms with Crippen molar-refractivity contribution in [1.29, 1.82) is 0 Å². The summed E-state index contributed by atoms with van der Waals surface area (Å²) in [5, 5.41) is 6.47. The minimum Gasteiger partial charge on any atom is -0.353 e. The van der Waals surface area contributed by atoms with Gasteiger partial charge in [0.25, 0.3) is 0 Å². The lowest BCUT2D eigenvalue weighted by atomic mass is 9.94. The highest BCUT2D eigenvalue weighted by Crippen LogP contribution is 2.15. The SMILES string of the molecule is CC(CC(=O)NC1CCNCC1C)Cc1cccc(F)c1. The van der Waals surface area contributed by atoms with Gasteiger partial charge in [0.15, 0.2) is 0 Å². The molecule has 1 saturated heterocycles. The third-order valence-electron chi connectivity index (χ3n) is 4.14. The van der Waals surface area contributed by atoms with Gasteiger partial charge in [0.1, 0.15) is 5.82 Å².